The minimum atomic E-state index is -0.283. The molecule has 0 atom stereocenters. The molecule has 0 saturated heterocycles. The lowest BCUT2D eigenvalue weighted by atomic mass is 10.1. The van der Waals surface area contributed by atoms with Gasteiger partial charge in [-0.1, -0.05) is 41.9 Å². The summed E-state index contributed by atoms with van der Waals surface area (Å²) in [6.07, 6.45) is 2.07. The standard InChI is InChI=1S/C23H22FN3O2S/c1-3-4-13-28-21-15(2)20(25-19-8-6-5-7-18(19)21)14-29-23-27-26-22(30-23)16-9-11-17(24)12-10-16/h5-12H,3-4,13-14H2,1-2H3. The zero-order valence-corrected chi connectivity index (χ0v) is 17.7. The number of para-hydroxylation sites is 1. The van der Waals surface area contributed by atoms with Crippen LogP contribution in [0, 0.1) is 12.7 Å². The first-order chi connectivity index (χ1) is 14.7. The van der Waals surface area contributed by atoms with E-state index in [1.165, 1.54) is 23.5 Å². The maximum atomic E-state index is 13.1. The van der Waals surface area contributed by atoms with Crippen LogP contribution in [0.1, 0.15) is 31.0 Å². The lowest BCUT2D eigenvalue weighted by Gasteiger charge is -2.15. The molecule has 4 aromatic rings. The molecule has 2 aromatic heterocycles. The van der Waals surface area contributed by atoms with E-state index in [1.54, 1.807) is 12.1 Å². The van der Waals surface area contributed by atoms with Crippen LogP contribution in [0.15, 0.2) is 48.5 Å². The highest BCUT2D eigenvalue weighted by Gasteiger charge is 2.15. The Balaban J connectivity index is 1.55. The fourth-order valence-electron chi connectivity index (χ4n) is 3.08. The Morgan fingerprint density at radius 1 is 1.00 bits per heavy atom. The van der Waals surface area contributed by atoms with Gasteiger partial charge in [0, 0.05) is 16.5 Å². The molecule has 0 N–H and O–H groups in total. The first-order valence-corrected chi connectivity index (χ1v) is 10.7. The van der Waals surface area contributed by atoms with E-state index < -0.39 is 0 Å². The Kier molecular flexibility index (Phi) is 6.18. The summed E-state index contributed by atoms with van der Waals surface area (Å²) in [6.45, 7) is 5.08. The quantitative estimate of drug-likeness (QED) is 0.327. The third-order valence-electron chi connectivity index (χ3n) is 4.75. The maximum absolute atomic E-state index is 13.1. The second kappa shape index (κ2) is 9.17. The van der Waals surface area contributed by atoms with Crippen molar-refractivity contribution in [2.24, 2.45) is 0 Å². The fourth-order valence-corrected chi connectivity index (χ4v) is 3.78. The van der Waals surface area contributed by atoms with Crippen LogP contribution in [0.2, 0.25) is 0 Å². The van der Waals surface area contributed by atoms with Crippen molar-refractivity contribution in [1.29, 1.82) is 0 Å². The monoisotopic (exact) mass is 423 g/mol. The zero-order valence-electron chi connectivity index (χ0n) is 16.9. The number of hydrogen-bond acceptors (Lipinski definition) is 6. The maximum Gasteiger partial charge on any atom is 0.294 e. The minimum absolute atomic E-state index is 0.263. The number of hydrogen-bond donors (Lipinski definition) is 0. The van der Waals surface area contributed by atoms with Crippen molar-refractivity contribution in [3.05, 3.63) is 65.6 Å². The summed E-state index contributed by atoms with van der Waals surface area (Å²) in [5.74, 6) is 0.575. The molecule has 30 heavy (non-hydrogen) atoms. The van der Waals surface area contributed by atoms with E-state index in [9.17, 15) is 4.39 Å². The SMILES string of the molecule is CCCCOc1c(C)c(COc2nnc(-c3ccc(F)cc3)s2)nc2ccccc12. The highest BCUT2D eigenvalue weighted by Crippen LogP contribution is 2.32. The Labute approximate surface area is 178 Å². The highest BCUT2D eigenvalue weighted by atomic mass is 32.1. The van der Waals surface area contributed by atoms with Crippen molar-refractivity contribution in [3.8, 4) is 21.5 Å². The van der Waals surface area contributed by atoms with Gasteiger partial charge >= 0.3 is 0 Å². The average molecular weight is 424 g/mol. The first-order valence-electron chi connectivity index (χ1n) is 9.89. The van der Waals surface area contributed by atoms with Crippen LogP contribution in [0.3, 0.4) is 0 Å². The molecule has 7 heteroatoms. The zero-order chi connectivity index (χ0) is 20.9. The van der Waals surface area contributed by atoms with E-state index in [2.05, 4.69) is 17.1 Å². The Bertz CT molecular complexity index is 1150. The van der Waals surface area contributed by atoms with E-state index in [4.69, 9.17) is 14.5 Å². The van der Waals surface area contributed by atoms with Gasteiger partial charge in [-0.25, -0.2) is 9.37 Å². The molecule has 0 saturated carbocycles. The molecule has 0 spiro atoms. The smallest absolute Gasteiger partial charge is 0.294 e. The molecule has 0 aliphatic heterocycles. The number of unbranched alkanes of at least 4 members (excludes halogenated alkanes) is 1. The molecule has 0 aliphatic rings. The van der Waals surface area contributed by atoms with Gasteiger partial charge in [0.15, 0.2) is 5.01 Å². The Morgan fingerprint density at radius 2 is 1.80 bits per heavy atom. The molecule has 2 aromatic carbocycles. The molecule has 0 radical (unpaired) electrons. The molecule has 2 heterocycles. The fraction of sp³-hybridized carbons (Fsp3) is 0.261. The van der Waals surface area contributed by atoms with Gasteiger partial charge in [-0.3, -0.25) is 0 Å². The molecule has 0 amide bonds. The molecular formula is C23H22FN3O2S. The van der Waals surface area contributed by atoms with Crippen molar-refractivity contribution in [2.75, 3.05) is 6.61 Å². The number of halogens is 1. The van der Waals surface area contributed by atoms with Crippen molar-refractivity contribution < 1.29 is 13.9 Å². The summed E-state index contributed by atoms with van der Waals surface area (Å²) in [6, 6.07) is 14.1. The van der Waals surface area contributed by atoms with Crippen molar-refractivity contribution in [3.63, 3.8) is 0 Å². The van der Waals surface area contributed by atoms with Crippen molar-refractivity contribution in [2.45, 2.75) is 33.3 Å². The van der Waals surface area contributed by atoms with Gasteiger partial charge in [0.1, 0.15) is 18.2 Å². The topological polar surface area (TPSA) is 57.1 Å². The van der Waals surface area contributed by atoms with Crippen molar-refractivity contribution >= 4 is 22.2 Å². The number of pyridine rings is 1. The van der Waals surface area contributed by atoms with Crippen LogP contribution in [0.25, 0.3) is 21.5 Å². The first kappa shape index (κ1) is 20.2. The third kappa shape index (κ3) is 4.41. The predicted molar refractivity (Wildman–Crippen MR) is 117 cm³/mol. The second-order valence-corrected chi connectivity index (χ2v) is 7.84. The van der Waals surface area contributed by atoms with E-state index >= 15 is 0 Å². The Hall–Kier alpha value is -3.06. The van der Waals surface area contributed by atoms with E-state index in [1.807, 2.05) is 31.2 Å². The number of nitrogens with zero attached hydrogens (tertiary/aromatic N) is 3. The Morgan fingerprint density at radius 3 is 2.60 bits per heavy atom. The predicted octanol–water partition coefficient (Wildman–Crippen LogP) is 5.96. The van der Waals surface area contributed by atoms with Crippen LogP contribution < -0.4 is 9.47 Å². The molecular weight excluding hydrogens is 401 g/mol. The average Bonchev–Trinajstić information content (AvgIpc) is 3.23. The molecule has 5 nitrogen and oxygen atoms in total. The lowest BCUT2D eigenvalue weighted by molar-refractivity contribution is 0.290. The van der Waals surface area contributed by atoms with E-state index in [0.29, 0.717) is 16.8 Å². The summed E-state index contributed by atoms with van der Waals surface area (Å²) in [4.78, 5) is 4.76. The van der Waals surface area contributed by atoms with Crippen LogP contribution >= 0.6 is 11.3 Å². The van der Waals surface area contributed by atoms with Crippen molar-refractivity contribution in [1.82, 2.24) is 15.2 Å². The van der Waals surface area contributed by atoms with Crippen LogP contribution in [-0.2, 0) is 6.61 Å². The third-order valence-corrected chi connectivity index (χ3v) is 5.64. The highest BCUT2D eigenvalue weighted by molar-refractivity contribution is 7.16. The van der Waals surface area contributed by atoms with Crippen LogP contribution in [0.4, 0.5) is 4.39 Å². The molecule has 0 fully saturated rings. The molecule has 154 valence electrons. The van der Waals surface area contributed by atoms with Gasteiger partial charge in [0.25, 0.3) is 5.19 Å². The van der Waals surface area contributed by atoms with Gasteiger partial charge in [0.05, 0.1) is 17.8 Å². The van der Waals surface area contributed by atoms with E-state index in [0.717, 1.165) is 46.3 Å². The molecule has 0 aliphatic carbocycles. The summed E-state index contributed by atoms with van der Waals surface area (Å²) in [5, 5.41) is 10.4. The summed E-state index contributed by atoms with van der Waals surface area (Å²) in [7, 11) is 0. The molecule has 4 rings (SSSR count). The van der Waals surface area contributed by atoms with Gasteiger partial charge in [0.2, 0.25) is 0 Å². The van der Waals surface area contributed by atoms with E-state index in [-0.39, 0.29) is 12.4 Å². The van der Waals surface area contributed by atoms with Gasteiger partial charge in [-0.05, 0) is 49.7 Å². The lowest BCUT2D eigenvalue weighted by Crippen LogP contribution is -2.06. The van der Waals surface area contributed by atoms with Gasteiger partial charge in [-0.2, -0.15) is 0 Å². The molecule has 0 bridgehead atoms. The minimum Gasteiger partial charge on any atom is -0.493 e. The number of aromatic nitrogens is 3. The number of rotatable bonds is 8. The second-order valence-electron chi connectivity index (χ2n) is 6.90. The molecule has 0 unspecified atom stereocenters. The summed E-state index contributed by atoms with van der Waals surface area (Å²) >= 11 is 1.32. The van der Waals surface area contributed by atoms with Crippen LogP contribution in [-0.4, -0.2) is 21.8 Å². The summed E-state index contributed by atoms with van der Waals surface area (Å²) in [5.41, 5.74) is 3.44. The number of ether oxygens (including phenoxy) is 2. The van der Waals surface area contributed by atoms with Gasteiger partial charge in [-0.15, -0.1) is 5.10 Å². The van der Waals surface area contributed by atoms with Gasteiger partial charge < -0.3 is 9.47 Å². The number of benzene rings is 2. The number of fused-ring (bicyclic) bond motifs is 1. The summed E-state index contributed by atoms with van der Waals surface area (Å²) < 4.78 is 25.1. The van der Waals surface area contributed by atoms with Crippen LogP contribution in [0.5, 0.6) is 10.9 Å². The normalized spacial score (nSPS) is 11.0. The largest absolute Gasteiger partial charge is 0.493 e.